The SMILES string of the molecule is CCOC(=O)CC1CN(Cc2ccccc2)C(=O)c2c(-c3ccc4ccccc4c3)c3ccccc3n21. The van der Waals surface area contributed by atoms with Gasteiger partial charge in [-0.3, -0.25) is 9.59 Å². The van der Waals surface area contributed by atoms with Crippen LogP contribution < -0.4 is 0 Å². The number of hydrogen-bond donors (Lipinski definition) is 0. The molecule has 1 amide bonds. The van der Waals surface area contributed by atoms with Gasteiger partial charge in [0.2, 0.25) is 0 Å². The first-order chi connectivity index (χ1) is 18.1. The molecule has 1 atom stereocenters. The Kier molecular flexibility index (Phi) is 5.97. The molecule has 1 aliphatic rings. The van der Waals surface area contributed by atoms with E-state index in [1.807, 2.05) is 72.5 Å². The summed E-state index contributed by atoms with van der Waals surface area (Å²) < 4.78 is 7.42. The molecule has 2 heterocycles. The predicted octanol–water partition coefficient (Wildman–Crippen LogP) is 6.61. The summed E-state index contributed by atoms with van der Waals surface area (Å²) >= 11 is 0. The highest BCUT2D eigenvalue weighted by Gasteiger charge is 2.37. The molecule has 1 unspecified atom stereocenters. The smallest absolute Gasteiger partial charge is 0.307 e. The Labute approximate surface area is 215 Å². The van der Waals surface area contributed by atoms with Gasteiger partial charge in [0.15, 0.2) is 0 Å². The van der Waals surface area contributed by atoms with Crippen LogP contribution in [-0.2, 0) is 16.1 Å². The van der Waals surface area contributed by atoms with Crippen LogP contribution in [0.5, 0.6) is 0 Å². The third-order valence-electron chi connectivity index (χ3n) is 7.16. The Morgan fingerprint density at radius 1 is 0.892 bits per heavy atom. The van der Waals surface area contributed by atoms with Gasteiger partial charge >= 0.3 is 5.97 Å². The maximum absolute atomic E-state index is 14.2. The van der Waals surface area contributed by atoms with E-state index in [0.717, 1.165) is 38.4 Å². The molecule has 0 radical (unpaired) electrons. The van der Waals surface area contributed by atoms with Gasteiger partial charge in [0.05, 0.1) is 19.1 Å². The minimum absolute atomic E-state index is 0.0247. The zero-order chi connectivity index (χ0) is 25.4. The van der Waals surface area contributed by atoms with Crippen LogP contribution in [0.25, 0.3) is 32.8 Å². The zero-order valence-corrected chi connectivity index (χ0v) is 20.8. The fourth-order valence-electron chi connectivity index (χ4n) is 5.57. The van der Waals surface area contributed by atoms with Crippen LogP contribution in [0.3, 0.4) is 0 Å². The average molecular weight is 489 g/mol. The third-order valence-corrected chi connectivity index (χ3v) is 7.16. The summed E-state index contributed by atoms with van der Waals surface area (Å²) in [5.74, 6) is -0.277. The molecule has 37 heavy (non-hydrogen) atoms. The molecular weight excluding hydrogens is 460 g/mol. The highest BCUT2D eigenvalue weighted by atomic mass is 16.5. The third kappa shape index (κ3) is 4.16. The van der Waals surface area contributed by atoms with Gasteiger partial charge in [0.25, 0.3) is 5.91 Å². The van der Waals surface area contributed by atoms with Crippen LogP contribution >= 0.6 is 0 Å². The fraction of sp³-hybridized carbons (Fsp3) is 0.188. The van der Waals surface area contributed by atoms with Gasteiger partial charge in [-0.1, -0.05) is 84.9 Å². The second kappa shape index (κ2) is 9.58. The van der Waals surface area contributed by atoms with Crippen molar-refractivity contribution in [1.82, 2.24) is 9.47 Å². The summed E-state index contributed by atoms with van der Waals surface area (Å²) in [4.78, 5) is 28.8. The molecule has 0 saturated heterocycles. The van der Waals surface area contributed by atoms with Gasteiger partial charge in [0.1, 0.15) is 5.69 Å². The lowest BCUT2D eigenvalue weighted by atomic mass is 9.97. The van der Waals surface area contributed by atoms with E-state index in [4.69, 9.17) is 4.74 Å². The molecule has 5 nitrogen and oxygen atoms in total. The maximum Gasteiger partial charge on any atom is 0.307 e. The first-order valence-electron chi connectivity index (χ1n) is 12.7. The molecule has 184 valence electrons. The number of nitrogens with zero attached hydrogens (tertiary/aromatic N) is 2. The Morgan fingerprint density at radius 2 is 1.62 bits per heavy atom. The van der Waals surface area contributed by atoms with Crippen LogP contribution in [0.4, 0.5) is 0 Å². The molecule has 0 aliphatic carbocycles. The van der Waals surface area contributed by atoms with E-state index >= 15 is 0 Å². The molecule has 4 aromatic carbocycles. The first-order valence-corrected chi connectivity index (χ1v) is 12.7. The standard InChI is InChI=1S/C32H28N2O3/c1-2-37-29(35)19-26-21-33(20-22-10-4-3-5-11-22)32(36)31-30(27-14-8-9-15-28(27)34(26)31)25-17-16-23-12-6-7-13-24(23)18-25/h3-18,26H,2,19-21H2,1H3. The number of ether oxygens (including phenoxy) is 1. The van der Waals surface area contributed by atoms with Crippen LogP contribution in [0.15, 0.2) is 97.1 Å². The second-order valence-corrected chi connectivity index (χ2v) is 9.51. The van der Waals surface area contributed by atoms with Crippen molar-refractivity contribution in [1.29, 1.82) is 0 Å². The van der Waals surface area contributed by atoms with Crippen molar-refractivity contribution < 1.29 is 14.3 Å². The lowest BCUT2D eigenvalue weighted by Gasteiger charge is -2.35. The van der Waals surface area contributed by atoms with Gasteiger partial charge in [-0.25, -0.2) is 0 Å². The van der Waals surface area contributed by atoms with Crippen molar-refractivity contribution in [3.8, 4) is 11.1 Å². The molecule has 5 heteroatoms. The van der Waals surface area contributed by atoms with Gasteiger partial charge < -0.3 is 14.2 Å². The van der Waals surface area contributed by atoms with E-state index in [1.165, 1.54) is 0 Å². The number of fused-ring (bicyclic) bond motifs is 4. The van der Waals surface area contributed by atoms with E-state index in [0.29, 0.717) is 25.4 Å². The predicted molar refractivity (Wildman–Crippen MR) is 146 cm³/mol. The van der Waals surface area contributed by atoms with Crippen LogP contribution in [0, 0.1) is 0 Å². The van der Waals surface area contributed by atoms with E-state index in [1.54, 1.807) is 0 Å². The summed E-state index contributed by atoms with van der Waals surface area (Å²) in [6.45, 7) is 3.07. The van der Waals surface area contributed by atoms with Crippen molar-refractivity contribution in [3.05, 3.63) is 108 Å². The van der Waals surface area contributed by atoms with Crippen molar-refractivity contribution in [3.63, 3.8) is 0 Å². The number of para-hydroxylation sites is 1. The summed E-state index contributed by atoms with van der Waals surface area (Å²) in [6, 6.07) is 32.5. The van der Waals surface area contributed by atoms with Crippen molar-refractivity contribution in [2.75, 3.05) is 13.2 Å². The zero-order valence-electron chi connectivity index (χ0n) is 20.8. The molecule has 1 aliphatic heterocycles. The van der Waals surface area contributed by atoms with Gasteiger partial charge in [0, 0.05) is 29.6 Å². The molecule has 0 spiro atoms. The summed E-state index contributed by atoms with van der Waals surface area (Å²) in [5.41, 5.74) is 4.56. The van der Waals surface area contributed by atoms with Crippen molar-refractivity contribution >= 4 is 33.6 Å². The highest BCUT2D eigenvalue weighted by molar-refractivity contribution is 6.11. The molecule has 5 aromatic rings. The molecule has 0 N–H and O–H groups in total. The molecule has 1 aromatic heterocycles. The Morgan fingerprint density at radius 3 is 2.43 bits per heavy atom. The maximum atomic E-state index is 14.2. The highest BCUT2D eigenvalue weighted by Crippen LogP contribution is 2.42. The summed E-state index contributed by atoms with van der Waals surface area (Å²) in [5, 5.41) is 3.29. The van der Waals surface area contributed by atoms with E-state index in [9.17, 15) is 9.59 Å². The number of esters is 1. The lowest BCUT2D eigenvalue weighted by Crippen LogP contribution is -2.43. The Hall–Kier alpha value is -4.38. The largest absolute Gasteiger partial charge is 0.466 e. The van der Waals surface area contributed by atoms with E-state index < -0.39 is 0 Å². The second-order valence-electron chi connectivity index (χ2n) is 9.51. The minimum Gasteiger partial charge on any atom is -0.466 e. The Bertz CT molecular complexity index is 1620. The molecule has 6 rings (SSSR count). The molecule has 0 bridgehead atoms. The number of amides is 1. The monoisotopic (exact) mass is 488 g/mol. The topological polar surface area (TPSA) is 51.5 Å². The van der Waals surface area contributed by atoms with Gasteiger partial charge in [-0.05, 0) is 41.0 Å². The normalized spacial score (nSPS) is 15.2. The molecule has 0 fully saturated rings. The summed E-state index contributed by atoms with van der Waals surface area (Å²) in [6.07, 6.45) is 0.204. The number of benzene rings is 4. The van der Waals surface area contributed by atoms with Crippen molar-refractivity contribution in [2.24, 2.45) is 0 Å². The van der Waals surface area contributed by atoms with E-state index in [2.05, 4.69) is 41.0 Å². The number of hydrogen-bond acceptors (Lipinski definition) is 3. The van der Waals surface area contributed by atoms with E-state index in [-0.39, 0.29) is 24.3 Å². The van der Waals surface area contributed by atoms with Gasteiger partial charge in [-0.15, -0.1) is 0 Å². The Balaban J connectivity index is 1.56. The number of carbonyl (C=O) groups is 2. The first kappa shape index (κ1) is 23.0. The number of aromatic nitrogens is 1. The van der Waals surface area contributed by atoms with Crippen LogP contribution in [0.2, 0.25) is 0 Å². The lowest BCUT2D eigenvalue weighted by molar-refractivity contribution is -0.144. The minimum atomic E-state index is -0.252. The average Bonchev–Trinajstić information content (AvgIpc) is 3.27. The van der Waals surface area contributed by atoms with Crippen molar-refractivity contribution in [2.45, 2.75) is 25.9 Å². The summed E-state index contributed by atoms with van der Waals surface area (Å²) in [7, 11) is 0. The quantitative estimate of drug-likeness (QED) is 0.253. The molecule has 0 saturated carbocycles. The van der Waals surface area contributed by atoms with Gasteiger partial charge in [-0.2, -0.15) is 0 Å². The number of carbonyl (C=O) groups excluding carboxylic acids is 2. The van der Waals surface area contributed by atoms with Crippen LogP contribution in [-0.4, -0.2) is 34.5 Å². The molecular formula is C32H28N2O3. The fourth-order valence-corrected chi connectivity index (χ4v) is 5.57. The van der Waals surface area contributed by atoms with Crippen LogP contribution in [0.1, 0.15) is 35.4 Å². The number of rotatable bonds is 6.